The van der Waals surface area contributed by atoms with Gasteiger partial charge in [-0.15, -0.1) is 11.3 Å². The van der Waals surface area contributed by atoms with Crippen molar-refractivity contribution in [2.24, 2.45) is 0 Å². The topological polar surface area (TPSA) is 77.5 Å². The maximum atomic E-state index is 12.0. The average molecular weight is 417 g/mol. The summed E-state index contributed by atoms with van der Waals surface area (Å²) in [6.07, 6.45) is 0. The zero-order valence-electron chi connectivity index (χ0n) is 15.0. The summed E-state index contributed by atoms with van der Waals surface area (Å²) in [6, 6.07) is 13.9. The number of thiazole rings is 1. The van der Waals surface area contributed by atoms with Crippen molar-refractivity contribution < 1.29 is 19.1 Å². The number of aromatic nitrogens is 1. The molecular formula is C20H17ClN2O4S. The molecule has 3 aromatic rings. The second-order valence-electron chi connectivity index (χ2n) is 5.72. The number of hydrogen-bond acceptors (Lipinski definition) is 6. The number of nitrogens with one attached hydrogen (secondary N) is 1. The van der Waals surface area contributed by atoms with Gasteiger partial charge >= 0.3 is 5.97 Å². The zero-order valence-corrected chi connectivity index (χ0v) is 16.5. The van der Waals surface area contributed by atoms with Crippen molar-refractivity contribution >= 4 is 34.8 Å². The van der Waals surface area contributed by atoms with Crippen molar-refractivity contribution in [2.75, 3.05) is 13.7 Å². The number of halogens is 1. The molecule has 8 heteroatoms. The Labute approximate surface area is 171 Å². The van der Waals surface area contributed by atoms with Crippen molar-refractivity contribution in [3.63, 3.8) is 0 Å². The second-order valence-corrected chi connectivity index (χ2v) is 7.02. The van der Waals surface area contributed by atoms with Gasteiger partial charge < -0.3 is 14.8 Å². The summed E-state index contributed by atoms with van der Waals surface area (Å²) < 4.78 is 10.2. The molecule has 3 rings (SSSR count). The van der Waals surface area contributed by atoms with Crippen LogP contribution in [0.25, 0.3) is 10.6 Å². The van der Waals surface area contributed by atoms with E-state index in [9.17, 15) is 9.59 Å². The van der Waals surface area contributed by atoms with E-state index in [1.165, 1.54) is 11.3 Å². The van der Waals surface area contributed by atoms with Gasteiger partial charge in [0.05, 0.1) is 12.8 Å². The first-order chi connectivity index (χ1) is 13.5. The molecule has 1 amide bonds. The Hall–Kier alpha value is -2.90. The van der Waals surface area contributed by atoms with Crippen LogP contribution in [-0.2, 0) is 16.1 Å². The fourth-order valence-corrected chi connectivity index (χ4v) is 3.24. The Balaban J connectivity index is 1.46. The van der Waals surface area contributed by atoms with E-state index in [1.54, 1.807) is 43.5 Å². The third-order valence-electron chi connectivity index (χ3n) is 3.77. The lowest BCUT2D eigenvalue weighted by Gasteiger charge is -2.06. The van der Waals surface area contributed by atoms with E-state index in [4.69, 9.17) is 21.1 Å². The van der Waals surface area contributed by atoms with Crippen LogP contribution in [0.2, 0.25) is 5.02 Å². The van der Waals surface area contributed by atoms with Crippen LogP contribution in [0.5, 0.6) is 5.75 Å². The number of amides is 1. The standard InChI is InChI=1S/C20H17ClN2O4S/c1-26-17-8-4-13(5-9-17)19(25)22-10-18(24)27-11-16-12-28-20(23-16)14-2-6-15(21)7-3-14/h2-9,12H,10-11H2,1H3,(H,22,25). The number of rotatable bonds is 7. The lowest BCUT2D eigenvalue weighted by Crippen LogP contribution is -2.30. The predicted molar refractivity (Wildman–Crippen MR) is 108 cm³/mol. The number of nitrogens with zero attached hydrogens (tertiary/aromatic N) is 1. The van der Waals surface area contributed by atoms with Crippen LogP contribution >= 0.6 is 22.9 Å². The molecule has 1 aromatic heterocycles. The predicted octanol–water partition coefficient (Wildman–Crippen LogP) is 3.95. The Kier molecular flexibility index (Phi) is 6.62. The Morgan fingerprint density at radius 3 is 2.50 bits per heavy atom. The molecule has 28 heavy (non-hydrogen) atoms. The van der Waals surface area contributed by atoms with Crippen LogP contribution in [0.3, 0.4) is 0 Å². The van der Waals surface area contributed by atoms with E-state index in [1.807, 2.05) is 17.5 Å². The molecule has 0 saturated carbocycles. The van der Waals surface area contributed by atoms with Crippen LogP contribution in [0.15, 0.2) is 53.9 Å². The smallest absolute Gasteiger partial charge is 0.325 e. The van der Waals surface area contributed by atoms with Gasteiger partial charge in [0.15, 0.2) is 0 Å². The van der Waals surface area contributed by atoms with Crippen molar-refractivity contribution in [1.82, 2.24) is 10.3 Å². The summed E-state index contributed by atoms with van der Waals surface area (Å²) in [4.78, 5) is 28.3. The maximum absolute atomic E-state index is 12.0. The van der Waals surface area contributed by atoms with E-state index in [-0.39, 0.29) is 19.1 Å². The number of ether oxygens (including phenoxy) is 2. The van der Waals surface area contributed by atoms with Gasteiger partial charge in [-0.3, -0.25) is 9.59 Å². The van der Waals surface area contributed by atoms with Gasteiger partial charge in [0.1, 0.15) is 23.9 Å². The minimum Gasteiger partial charge on any atom is -0.497 e. The second kappa shape index (κ2) is 9.34. The Morgan fingerprint density at radius 2 is 1.82 bits per heavy atom. The molecule has 0 atom stereocenters. The van der Waals surface area contributed by atoms with Crippen LogP contribution in [0.1, 0.15) is 16.1 Å². The van der Waals surface area contributed by atoms with Gasteiger partial charge in [-0.25, -0.2) is 4.98 Å². The highest BCUT2D eigenvalue weighted by atomic mass is 35.5. The maximum Gasteiger partial charge on any atom is 0.325 e. The van der Waals surface area contributed by atoms with Crippen LogP contribution in [0.4, 0.5) is 0 Å². The van der Waals surface area contributed by atoms with Crippen molar-refractivity contribution in [3.05, 3.63) is 70.2 Å². The zero-order chi connectivity index (χ0) is 19.9. The summed E-state index contributed by atoms with van der Waals surface area (Å²) in [5, 5.41) is 5.82. The minimum absolute atomic E-state index is 0.0430. The van der Waals surface area contributed by atoms with E-state index < -0.39 is 5.97 Å². The highest BCUT2D eigenvalue weighted by molar-refractivity contribution is 7.13. The summed E-state index contributed by atoms with van der Waals surface area (Å²) in [6.45, 7) is -0.180. The molecule has 0 aliphatic rings. The summed E-state index contributed by atoms with van der Waals surface area (Å²) in [7, 11) is 1.55. The molecule has 2 aromatic carbocycles. The molecule has 0 fully saturated rings. The largest absolute Gasteiger partial charge is 0.497 e. The van der Waals surface area contributed by atoms with E-state index >= 15 is 0 Å². The Morgan fingerprint density at radius 1 is 1.11 bits per heavy atom. The molecule has 0 unspecified atom stereocenters. The van der Waals surface area contributed by atoms with Crippen molar-refractivity contribution in [3.8, 4) is 16.3 Å². The molecule has 0 spiro atoms. The van der Waals surface area contributed by atoms with Crippen LogP contribution in [-0.4, -0.2) is 30.5 Å². The van der Waals surface area contributed by atoms with Gasteiger partial charge in [0, 0.05) is 21.5 Å². The molecule has 0 bridgehead atoms. The first-order valence-corrected chi connectivity index (χ1v) is 9.59. The van der Waals surface area contributed by atoms with Gasteiger partial charge in [-0.1, -0.05) is 23.7 Å². The molecule has 0 saturated heterocycles. The first kappa shape index (κ1) is 19.9. The number of benzene rings is 2. The number of methoxy groups -OCH3 is 1. The van der Waals surface area contributed by atoms with E-state index in [0.29, 0.717) is 22.0 Å². The summed E-state index contributed by atoms with van der Waals surface area (Å²) in [5.74, 6) is -0.251. The lowest BCUT2D eigenvalue weighted by molar-refractivity contribution is -0.143. The fourth-order valence-electron chi connectivity index (χ4n) is 2.30. The molecule has 0 aliphatic carbocycles. The Bertz CT molecular complexity index is 955. The quantitative estimate of drug-likeness (QED) is 0.590. The SMILES string of the molecule is COc1ccc(C(=O)NCC(=O)OCc2csc(-c3ccc(Cl)cc3)n2)cc1. The highest BCUT2D eigenvalue weighted by Gasteiger charge is 2.11. The third-order valence-corrected chi connectivity index (χ3v) is 4.96. The average Bonchev–Trinajstić information content (AvgIpc) is 3.20. The number of hydrogen-bond donors (Lipinski definition) is 1. The summed E-state index contributed by atoms with van der Waals surface area (Å²) in [5.41, 5.74) is 2.02. The molecule has 0 aliphatic heterocycles. The molecule has 1 heterocycles. The number of carbonyl (C=O) groups is 2. The van der Waals surface area contributed by atoms with Crippen LogP contribution in [0, 0.1) is 0 Å². The van der Waals surface area contributed by atoms with Crippen LogP contribution < -0.4 is 10.1 Å². The van der Waals surface area contributed by atoms with E-state index in [2.05, 4.69) is 10.3 Å². The number of esters is 1. The van der Waals surface area contributed by atoms with Gasteiger partial charge in [0.2, 0.25) is 0 Å². The third kappa shape index (κ3) is 5.31. The molecular weight excluding hydrogens is 400 g/mol. The summed E-state index contributed by atoms with van der Waals surface area (Å²) >= 11 is 7.34. The van der Waals surface area contributed by atoms with Gasteiger partial charge in [0.25, 0.3) is 5.91 Å². The van der Waals surface area contributed by atoms with E-state index in [0.717, 1.165) is 10.6 Å². The van der Waals surface area contributed by atoms with Crippen molar-refractivity contribution in [2.45, 2.75) is 6.61 Å². The van der Waals surface area contributed by atoms with Crippen molar-refractivity contribution in [1.29, 1.82) is 0 Å². The normalized spacial score (nSPS) is 10.4. The highest BCUT2D eigenvalue weighted by Crippen LogP contribution is 2.25. The number of carbonyl (C=O) groups excluding carboxylic acids is 2. The van der Waals surface area contributed by atoms with Gasteiger partial charge in [-0.2, -0.15) is 0 Å². The lowest BCUT2D eigenvalue weighted by atomic mass is 10.2. The molecule has 144 valence electrons. The molecule has 0 radical (unpaired) electrons. The first-order valence-electron chi connectivity index (χ1n) is 8.33. The van der Waals surface area contributed by atoms with Gasteiger partial charge in [-0.05, 0) is 36.4 Å². The molecule has 1 N–H and O–H groups in total. The molecule has 6 nitrogen and oxygen atoms in total. The monoisotopic (exact) mass is 416 g/mol. The fraction of sp³-hybridized carbons (Fsp3) is 0.150. The minimum atomic E-state index is -0.539.